The molecule has 1 aliphatic rings. The Bertz CT molecular complexity index is 875. The lowest BCUT2D eigenvalue weighted by Gasteiger charge is -2.20. The Balaban J connectivity index is 1.78. The van der Waals surface area contributed by atoms with Crippen LogP contribution < -0.4 is 10.2 Å². The number of fused-ring (bicyclic) bond motifs is 1. The highest BCUT2D eigenvalue weighted by atomic mass is 19.4. The van der Waals surface area contributed by atoms with E-state index in [-0.39, 0.29) is 18.1 Å². The zero-order chi connectivity index (χ0) is 19.1. The number of hydrogen-bond donors (Lipinski definition) is 1. The summed E-state index contributed by atoms with van der Waals surface area (Å²) in [4.78, 5) is 26.3. The van der Waals surface area contributed by atoms with E-state index in [4.69, 9.17) is 0 Å². The van der Waals surface area contributed by atoms with E-state index in [0.717, 1.165) is 17.7 Å². The largest absolute Gasteiger partial charge is 0.416 e. The molecule has 0 saturated heterocycles. The lowest BCUT2D eigenvalue weighted by atomic mass is 9.86. The van der Waals surface area contributed by atoms with Crippen molar-refractivity contribution >= 4 is 23.2 Å². The first kappa shape index (κ1) is 18.0. The molecule has 4 nitrogen and oxygen atoms in total. The van der Waals surface area contributed by atoms with E-state index in [1.165, 1.54) is 17.0 Å². The van der Waals surface area contributed by atoms with Gasteiger partial charge in [0, 0.05) is 11.4 Å². The number of para-hydroxylation sites is 1. The van der Waals surface area contributed by atoms with Crippen molar-refractivity contribution in [2.24, 2.45) is 0 Å². The Morgan fingerprint density at radius 2 is 1.81 bits per heavy atom. The molecule has 0 fully saturated rings. The third-order valence-corrected chi connectivity index (χ3v) is 4.42. The second-order valence-corrected chi connectivity index (χ2v) is 6.66. The molecule has 26 heavy (non-hydrogen) atoms. The summed E-state index contributed by atoms with van der Waals surface area (Å²) < 4.78 is 38.3. The molecule has 0 aromatic heterocycles. The van der Waals surface area contributed by atoms with E-state index >= 15 is 0 Å². The van der Waals surface area contributed by atoms with Crippen molar-refractivity contribution in [3.05, 3.63) is 59.7 Å². The van der Waals surface area contributed by atoms with E-state index in [1.807, 2.05) is 12.1 Å². The molecule has 136 valence electrons. The summed E-state index contributed by atoms with van der Waals surface area (Å²) in [5.41, 5.74) is -0.116. The van der Waals surface area contributed by atoms with Gasteiger partial charge in [0.2, 0.25) is 11.8 Å². The fourth-order valence-electron chi connectivity index (χ4n) is 3.07. The van der Waals surface area contributed by atoms with Gasteiger partial charge in [0.1, 0.15) is 6.54 Å². The number of anilines is 2. The molecule has 1 heterocycles. The van der Waals surface area contributed by atoms with Gasteiger partial charge in [-0.05, 0) is 43.7 Å². The summed E-state index contributed by atoms with van der Waals surface area (Å²) in [6, 6.07) is 11.6. The highest BCUT2D eigenvalue weighted by Gasteiger charge is 2.44. The number of nitrogens with one attached hydrogen (secondary N) is 1. The number of benzene rings is 2. The first-order chi connectivity index (χ1) is 12.1. The third-order valence-electron chi connectivity index (χ3n) is 4.42. The zero-order valence-corrected chi connectivity index (χ0v) is 14.2. The highest BCUT2D eigenvalue weighted by molar-refractivity contribution is 6.11. The number of hydrogen-bond acceptors (Lipinski definition) is 2. The molecule has 1 aliphatic heterocycles. The van der Waals surface area contributed by atoms with Crippen LogP contribution in [0.25, 0.3) is 0 Å². The first-order valence-corrected chi connectivity index (χ1v) is 7.99. The predicted molar refractivity (Wildman–Crippen MR) is 91.9 cm³/mol. The normalized spacial score (nSPS) is 15.7. The van der Waals surface area contributed by atoms with Gasteiger partial charge in [0.15, 0.2) is 0 Å². The number of amides is 2. The summed E-state index contributed by atoms with van der Waals surface area (Å²) in [5.74, 6) is -0.789. The van der Waals surface area contributed by atoms with Crippen LogP contribution in [0.4, 0.5) is 24.5 Å². The van der Waals surface area contributed by atoms with Crippen LogP contribution >= 0.6 is 0 Å². The van der Waals surface area contributed by atoms with Crippen LogP contribution in [0.15, 0.2) is 48.5 Å². The maximum Gasteiger partial charge on any atom is 0.416 e. The molecular formula is C19H17F3N2O2. The number of nitrogens with zero attached hydrogens (tertiary/aromatic N) is 1. The Morgan fingerprint density at radius 1 is 1.12 bits per heavy atom. The van der Waals surface area contributed by atoms with Gasteiger partial charge in [-0.3, -0.25) is 9.59 Å². The average Bonchev–Trinajstić information content (AvgIpc) is 2.76. The topological polar surface area (TPSA) is 49.4 Å². The second kappa shape index (κ2) is 6.16. The van der Waals surface area contributed by atoms with Gasteiger partial charge >= 0.3 is 6.18 Å². The molecule has 0 aliphatic carbocycles. The summed E-state index contributed by atoms with van der Waals surface area (Å²) in [7, 11) is 0. The fraction of sp³-hybridized carbons (Fsp3) is 0.263. The van der Waals surface area contributed by atoms with Crippen LogP contribution in [0, 0.1) is 0 Å². The summed E-state index contributed by atoms with van der Waals surface area (Å²) in [6.07, 6.45) is -4.49. The van der Waals surface area contributed by atoms with Crippen molar-refractivity contribution in [1.29, 1.82) is 0 Å². The van der Waals surface area contributed by atoms with Gasteiger partial charge in [0.25, 0.3) is 0 Å². The van der Waals surface area contributed by atoms with Gasteiger partial charge < -0.3 is 10.2 Å². The van der Waals surface area contributed by atoms with Gasteiger partial charge in [-0.15, -0.1) is 0 Å². The summed E-state index contributed by atoms with van der Waals surface area (Å²) >= 11 is 0. The van der Waals surface area contributed by atoms with Crippen LogP contribution in [-0.4, -0.2) is 18.4 Å². The van der Waals surface area contributed by atoms with E-state index in [0.29, 0.717) is 5.69 Å². The van der Waals surface area contributed by atoms with E-state index in [2.05, 4.69) is 5.32 Å². The van der Waals surface area contributed by atoms with Crippen LogP contribution in [0.1, 0.15) is 25.0 Å². The quantitative estimate of drug-likeness (QED) is 0.898. The Labute approximate surface area is 148 Å². The smallest absolute Gasteiger partial charge is 0.325 e. The molecular weight excluding hydrogens is 345 g/mol. The molecule has 1 N–H and O–H groups in total. The minimum absolute atomic E-state index is 0.0315. The Kier molecular flexibility index (Phi) is 4.26. The SMILES string of the molecule is CC1(C)C(=O)N(CC(=O)Nc2cccc(C(F)(F)F)c2)c2ccccc21. The predicted octanol–water partition coefficient (Wildman–Crippen LogP) is 3.97. The van der Waals surface area contributed by atoms with Crippen LogP contribution in [-0.2, 0) is 21.2 Å². The average molecular weight is 362 g/mol. The van der Waals surface area contributed by atoms with Gasteiger partial charge in [-0.1, -0.05) is 24.3 Å². The van der Waals surface area contributed by atoms with Gasteiger partial charge in [-0.25, -0.2) is 0 Å². The van der Waals surface area contributed by atoms with Crippen molar-refractivity contribution in [3.63, 3.8) is 0 Å². The van der Waals surface area contributed by atoms with Crippen molar-refractivity contribution in [2.75, 3.05) is 16.8 Å². The number of carbonyl (C=O) groups is 2. The van der Waals surface area contributed by atoms with E-state index < -0.39 is 23.1 Å². The molecule has 0 radical (unpaired) electrons. The number of alkyl halides is 3. The Hall–Kier alpha value is -2.83. The molecule has 0 saturated carbocycles. The summed E-state index contributed by atoms with van der Waals surface area (Å²) in [5, 5.41) is 2.43. The van der Waals surface area contributed by atoms with Crippen molar-refractivity contribution in [2.45, 2.75) is 25.4 Å². The minimum Gasteiger partial charge on any atom is -0.325 e. The molecule has 0 bridgehead atoms. The van der Waals surface area contributed by atoms with E-state index in [1.54, 1.807) is 26.0 Å². The van der Waals surface area contributed by atoms with Crippen LogP contribution in [0.3, 0.4) is 0 Å². The van der Waals surface area contributed by atoms with Crippen molar-refractivity contribution in [3.8, 4) is 0 Å². The number of halogens is 3. The van der Waals surface area contributed by atoms with Crippen molar-refractivity contribution in [1.82, 2.24) is 0 Å². The monoisotopic (exact) mass is 362 g/mol. The molecule has 2 aromatic carbocycles. The molecule has 7 heteroatoms. The standard InChI is InChI=1S/C19H17F3N2O2/c1-18(2)14-8-3-4-9-15(14)24(17(18)26)11-16(25)23-13-7-5-6-12(10-13)19(20,21)22/h3-10H,11H2,1-2H3,(H,23,25). The minimum atomic E-state index is -4.49. The van der Waals surface area contributed by atoms with Crippen LogP contribution in [0.5, 0.6) is 0 Å². The number of carbonyl (C=O) groups excluding carboxylic acids is 2. The molecule has 0 atom stereocenters. The summed E-state index contributed by atoms with van der Waals surface area (Å²) in [6.45, 7) is 3.28. The molecule has 3 rings (SSSR count). The maximum atomic E-state index is 12.8. The van der Waals surface area contributed by atoms with Gasteiger partial charge in [-0.2, -0.15) is 13.2 Å². The fourth-order valence-corrected chi connectivity index (χ4v) is 3.07. The molecule has 0 spiro atoms. The third kappa shape index (κ3) is 3.16. The van der Waals surface area contributed by atoms with E-state index in [9.17, 15) is 22.8 Å². The second-order valence-electron chi connectivity index (χ2n) is 6.66. The molecule has 0 unspecified atom stereocenters. The lowest BCUT2D eigenvalue weighted by molar-refractivity contribution is -0.137. The molecule has 2 amide bonds. The number of rotatable bonds is 3. The lowest BCUT2D eigenvalue weighted by Crippen LogP contribution is -2.40. The van der Waals surface area contributed by atoms with Crippen molar-refractivity contribution < 1.29 is 22.8 Å². The maximum absolute atomic E-state index is 12.8. The first-order valence-electron chi connectivity index (χ1n) is 7.99. The highest BCUT2D eigenvalue weighted by Crippen LogP contribution is 2.41. The van der Waals surface area contributed by atoms with Crippen LogP contribution in [0.2, 0.25) is 0 Å². The molecule has 2 aromatic rings. The zero-order valence-electron chi connectivity index (χ0n) is 14.2. The van der Waals surface area contributed by atoms with Gasteiger partial charge in [0.05, 0.1) is 11.0 Å². The Morgan fingerprint density at radius 3 is 2.50 bits per heavy atom.